The summed E-state index contributed by atoms with van der Waals surface area (Å²) in [5, 5.41) is 7.30. The van der Waals surface area contributed by atoms with E-state index in [4.69, 9.17) is 4.74 Å². The zero-order valence-electron chi connectivity index (χ0n) is 13.4. The number of amides is 1. The second-order valence-electron chi connectivity index (χ2n) is 6.05. The van der Waals surface area contributed by atoms with Crippen LogP contribution in [0.3, 0.4) is 0 Å². The molecule has 2 aromatic rings. The Morgan fingerprint density at radius 3 is 2.87 bits per heavy atom. The normalized spacial score (nSPS) is 15.2. The van der Waals surface area contributed by atoms with Gasteiger partial charge in [0.2, 0.25) is 5.91 Å². The highest BCUT2D eigenvalue weighted by molar-refractivity contribution is 5.89. The van der Waals surface area contributed by atoms with Crippen LogP contribution in [0, 0.1) is 5.92 Å². The zero-order chi connectivity index (χ0) is 16.1. The van der Waals surface area contributed by atoms with Crippen molar-refractivity contribution in [2.45, 2.75) is 38.6 Å². The molecular weight excluding hydrogens is 290 g/mol. The van der Waals surface area contributed by atoms with Crippen LogP contribution in [0.25, 0.3) is 0 Å². The molecule has 1 saturated carbocycles. The highest BCUT2D eigenvalue weighted by Crippen LogP contribution is 2.40. The van der Waals surface area contributed by atoms with Gasteiger partial charge in [0, 0.05) is 12.5 Å². The first-order valence-electron chi connectivity index (χ1n) is 8.25. The maximum Gasteiger partial charge on any atom is 0.225 e. The smallest absolute Gasteiger partial charge is 0.225 e. The Bertz CT molecular complexity index is 635. The molecule has 5 nitrogen and oxygen atoms in total. The molecule has 1 amide bonds. The number of rotatable bonds is 8. The van der Waals surface area contributed by atoms with Gasteiger partial charge in [-0.1, -0.05) is 18.2 Å². The number of anilines is 1. The van der Waals surface area contributed by atoms with Crippen molar-refractivity contribution in [3.8, 4) is 5.75 Å². The van der Waals surface area contributed by atoms with E-state index < -0.39 is 0 Å². The Morgan fingerprint density at radius 2 is 2.13 bits per heavy atom. The second-order valence-corrected chi connectivity index (χ2v) is 6.05. The fraction of sp³-hybridized carbons (Fsp3) is 0.444. The van der Waals surface area contributed by atoms with E-state index >= 15 is 0 Å². The van der Waals surface area contributed by atoms with Crippen molar-refractivity contribution >= 4 is 11.7 Å². The number of para-hydroxylation sites is 1. The van der Waals surface area contributed by atoms with Gasteiger partial charge in [-0.05, 0) is 44.2 Å². The monoisotopic (exact) mass is 313 g/mol. The van der Waals surface area contributed by atoms with Crippen molar-refractivity contribution in [2.75, 3.05) is 11.9 Å². The molecule has 5 heteroatoms. The van der Waals surface area contributed by atoms with E-state index in [9.17, 15) is 4.79 Å². The predicted octanol–water partition coefficient (Wildman–Crippen LogP) is 3.65. The summed E-state index contributed by atoms with van der Waals surface area (Å²) in [6.07, 6.45) is 5.38. The highest BCUT2D eigenvalue weighted by Gasteiger charge is 2.30. The lowest BCUT2D eigenvalue weighted by Gasteiger charge is -2.15. The van der Waals surface area contributed by atoms with E-state index in [0.29, 0.717) is 31.4 Å². The van der Waals surface area contributed by atoms with Gasteiger partial charge < -0.3 is 10.1 Å². The van der Waals surface area contributed by atoms with Crippen molar-refractivity contribution < 1.29 is 9.53 Å². The molecule has 23 heavy (non-hydrogen) atoms. The standard InChI is InChI=1S/C18H23N3O2/c1-14(15-9-10-15)21-17(11-12-19-21)20-18(22)8-5-13-23-16-6-3-2-4-7-16/h2-4,6-7,11-12,14-15H,5,8-10,13H2,1H3,(H,20,22). The lowest BCUT2D eigenvalue weighted by molar-refractivity contribution is -0.116. The number of hydrogen-bond acceptors (Lipinski definition) is 3. The van der Waals surface area contributed by atoms with E-state index in [0.717, 1.165) is 11.6 Å². The first-order valence-corrected chi connectivity index (χ1v) is 8.25. The molecule has 1 aromatic carbocycles. The quantitative estimate of drug-likeness (QED) is 0.757. The average Bonchev–Trinajstić information content (AvgIpc) is 3.32. The third kappa shape index (κ3) is 4.34. The number of nitrogens with zero attached hydrogens (tertiary/aromatic N) is 2. The van der Waals surface area contributed by atoms with Crippen LogP contribution in [0.4, 0.5) is 5.82 Å². The van der Waals surface area contributed by atoms with Crippen LogP contribution < -0.4 is 10.1 Å². The minimum atomic E-state index is 0.00593. The third-order valence-corrected chi connectivity index (χ3v) is 4.19. The van der Waals surface area contributed by atoms with Gasteiger partial charge in [0.25, 0.3) is 0 Å². The van der Waals surface area contributed by atoms with E-state index in [1.807, 2.05) is 41.1 Å². The van der Waals surface area contributed by atoms with Crippen LogP contribution in [0.5, 0.6) is 5.75 Å². The number of ether oxygens (including phenoxy) is 1. The van der Waals surface area contributed by atoms with Gasteiger partial charge in [-0.15, -0.1) is 0 Å². The van der Waals surface area contributed by atoms with Crippen LogP contribution in [0.2, 0.25) is 0 Å². The largest absolute Gasteiger partial charge is 0.494 e. The van der Waals surface area contributed by atoms with Gasteiger partial charge in [-0.25, -0.2) is 4.68 Å². The topological polar surface area (TPSA) is 56.2 Å². The Labute approximate surface area is 136 Å². The Balaban J connectivity index is 1.42. The number of hydrogen-bond donors (Lipinski definition) is 1. The van der Waals surface area contributed by atoms with Gasteiger partial charge in [0.1, 0.15) is 11.6 Å². The first kappa shape index (κ1) is 15.6. The Hall–Kier alpha value is -2.30. The number of carbonyl (C=O) groups is 1. The number of aromatic nitrogens is 2. The van der Waals surface area contributed by atoms with Gasteiger partial charge >= 0.3 is 0 Å². The van der Waals surface area contributed by atoms with Crippen LogP contribution in [0.1, 0.15) is 38.6 Å². The molecule has 0 bridgehead atoms. The summed E-state index contributed by atoms with van der Waals surface area (Å²) in [7, 11) is 0. The van der Waals surface area contributed by atoms with Crippen molar-refractivity contribution in [1.82, 2.24) is 9.78 Å². The minimum Gasteiger partial charge on any atom is -0.494 e. The molecule has 1 fully saturated rings. The highest BCUT2D eigenvalue weighted by atomic mass is 16.5. The molecular formula is C18H23N3O2. The molecule has 0 saturated heterocycles. The van der Waals surface area contributed by atoms with Crippen LogP contribution in [-0.4, -0.2) is 22.3 Å². The molecule has 122 valence electrons. The van der Waals surface area contributed by atoms with E-state index in [2.05, 4.69) is 17.3 Å². The molecule has 3 rings (SSSR count). The van der Waals surface area contributed by atoms with Gasteiger partial charge in [-0.3, -0.25) is 4.79 Å². The number of benzene rings is 1. The molecule has 0 radical (unpaired) electrons. The van der Waals surface area contributed by atoms with Crippen LogP contribution in [0.15, 0.2) is 42.6 Å². The number of carbonyl (C=O) groups excluding carboxylic acids is 1. The summed E-state index contributed by atoms with van der Waals surface area (Å²) in [6, 6.07) is 11.9. The van der Waals surface area contributed by atoms with Gasteiger partial charge in [-0.2, -0.15) is 5.10 Å². The average molecular weight is 313 g/mol. The van der Waals surface area contributed by atoms with E-state index in [-0.39, 0.29) is 5.91 Å². The molecule has 1 N–H and O–H groups in total. The summed E-state index contributed by atoms with van der Waals surface area (Å²) >= 11 is 0. The van der Waals surface area contributed by atoms with E-state index in [1.165, 1.54) is 12.8 Å². The van der Waals surface area contributed by atoms with Crippen molar-refractivity contribution in [3.05, 3.63) is 42.6 Å². The van der Waals surface area contributed by atoms with Gasteiger partial charge in [0.15, 0.2) is 0 Å². The third-order valence-electron chi connectivity index (χ3n) is 4.19. The maximum atomic E-state index is 12.1. The summed E-state index contributed by atoms with van der Waals surface area (Å²) in [6.45, 7) is 2.70. The predicted molar refractivity (Wildman–Crippen MR) is 89.5 cm³/mol. The van der Waals surface area contributed by atoms with E-state index in [1.54, 1.807) is 6.20 Å². The zero-order valence-corrected chi connectivity index (χ0v) is 13.4. The van der Waals surface area contributed by atoms with Crippen molar-refractivity contribution in [1.29, 1.82) is 0 Å². The number of nitrogens with one attached hydrogen (secondary N) is 1. The molecule has 0 spiro atoms. The molecule has 0 aliphatic heterocycles. The summed E-state index contributed by atoms with van der Waals surface area (Å²) in [5.41, 5.74) is 0. The van der Waals surface area contributed by atoms with Crippen molar-refractivity contribution in [3.63, 3.8) is 0 Å². The second kappa shape index (κ2) is 7.31. The molecule has 1 aliphatic rings. The lowest BCUT2D eigenvalue weighted by Crippen LogP contribution is -2.18. The first-order chi connectivity index (χ1) is 11.2. The summed E-state index contributed by atoms with van der Waals surface area (Å²) in [4.78, 5) is 12.1. The molecule has 1 heterocycles. The Morgan fingerprint density at radius 1 is 1.35 bits per heavy atom. The van der Waals surface area contributed by atoms with Crippen LogP contribution >= 0.6 is 0 Å². The SMILES string of the molecule is CC(C1CC1)n1nccc1NC(=O)CCCOc1ccccc1. The molecule has 1 aromatic heterocycles. The molecule has 1 atom stereocenters. The minimum absolute atomic E-state index is 0.00593. The lowest BCUT2D eigenvalue weighted by atomic mass is 10.2. The van der Waals surface area contributed by atoms with Gasteiger partial charge in [0.05, 0.1) is 18.8 Å². The maximum absolute atomic E-state index is 12.1. The van der Waals surface area contributed by atoms with Crippen LogP contribution in [-0.2, 0) is 4.79 Å². The molecule has 1 aliphatic carbocycles. The summed E-state index contributed by atoms with van der Waals surface area (Å²) in [5.74, 6) is 2.33. The van der Waals surface area contributed by atoms with Crippen molar-refractivity contribution in [2.24, 2.45) is 5.92 Å². The summed E-state index contributed by atoms with van der Waals surface area (Å²) < 4.78 is 7.52. The fourth-order valence-corrected chi connectivity index (χ4v) is 2.66. The Kier molecular flexibility index (Phi) is 4.95. The molecule has 1 unspecified atom stereocenters. The fourth-order valence-electron chi connectivity index (χ4n) is 2.66.